The van der Waals surface area contributed by atoms with Crippen LogP contribution < -0.4 is 4.74 Å². The lowest BCUT2D eigenvalue weighted by Crippen LogP contribution is -2.08. The molecule has 0 unspecified atom stereocenters. The van der Waals surface area contributed by atoms with Crippen LogP contribution >= 0.6 is 11.3 Å². The van der Waals surface area contributed by atoms with Crippen LogP contribution in [0, 0.1) is 5.82 Å². The van der Waals surface area contributed by atoms with Crippen molar-refractivity contribution in [2.24, 2.45) is 0 Å². The first-order valence-corrected chi connectivity index (χ1v) is 13.0. The minimum Gasteiger partial charge on any atom is -0.423 e. The lowest BCUT2D eigenvalue weighted by Gasteiger charge is -2.06. The highest BCUT2D eigenvalue weighted by Gasteiger charge is 2.13. The van der Waals surface area contributed by atoms with E-state index in [1.165, 1.54) is 54.7 Å². The van der Waals surface area contributed by atoms with Crippen LogP contribution in [-0.4, -0.2) is 11.0 Å². The first-order chi connectivity index (χ1) is 16.1. The summed E-state index contributed by atoms with van der Waals surface area (Å²) in [4.78, 5) is 17.4. The molecule has 1 aromatic heterocycles. The number of hydrogen-bond donors (Lipinski definition) is 0. The minimum absolute atomic E-state index is 0.0153. The molecule has 3 nitrogen and oxygen atoms in total. The van der Waals surface area contributed by atoms with Crippen molar-refractivity contribution in [3.05, 3.63) is 60.0 Å². The summed E-state index contributed by atoms with van der Waals surface area (Å²) in [6, 6.07) is 13.3. The van der Waals surface area contributed by atoms with Crippen LogP contribution in [0.2, 0.25) is 0 Å². The van der Waals surface area contributed by atoms with E-state index < -0.39 is 5.82 Å². The van der Waals surface area contributed by atoms with Crippen molar-refractivity contribution in [1.82, 2.24) is 4.98 Å². The van der Waals surface area contributed by atoms with Gasteiger partial charge in [-0.15, -0.1) is 11.3 Å². The van der Waals surface area contributed by atoms with Gasteiger partial charge in [-0.05, 0) is 48.6 Å². The molecule has 0 aliphatic heterocycles. The fourth-order valence-electron chi connectivity index (χ4n) is 3.72. The number of benzene rings is 2. The van der Waals surface area contributed by atoms with E-state index in [1.807, 2.05) is 0 Å². The standard InChI is InChI=1S/C28H34FNO2S/c1-3-5-7-9-11-21-13-15-22(16-14-21)28-30-20-26(33-28)23-17-18-25(24(29)19-23)32-27(31)12-10-8-6-4-2/h13-20H,3-12H2,1-2H3. The number of aryl methyl sites for hydroxylation is 1. The first-order valence-electron chi connectivity index (χ1n) is 12.2. The molecule has 0 N–H and O–H groups in total. The molecule has 0 radical (unpaired) electrons. The molecule has 3 rings (SSSR count). The predicted molar refractivity (Wildman–Crippen MR) is 135 cm³/mol. The molecule has 0 spiro atoms. The summed E-state index contributed by atoms with van der Waals surface area (Å²) in [5.74, 6) is -0.929. The zero-order valence-corrected chi connectivity index (χ0v) is 20.6. The fourth-order valence-corrected chi connectivity index (χ4v) is 4.64. The Hall–Kier alpha value is -2.53. The van der Waals surface area contributed by atoms with Gasteiger partial charge in [0.05, 0.1) is 4.88 Å². The topological polar surface area (TPSA) is 39.2 Å². The normalized spacial score (nSPS) is 11.0. The Morgan fingerprint density at radius 3 is 2.30 bits per heavy atom. The van der Waals surface area contributed by atoms with Crippen molar-refractivity contribution in [1.29, 1.82) is 0 Å². The van der Waals surface area contributed by atoms with Gasteiger partial charge < -0.3 is 4.74 Å². The molecule has 5 heteroatoms. The third-order valence-electron chi connectivity index (χ3n) is 5.70. The number of thiazole rings is 1. The summed E-state index contributed by atoms with van der Waals surface area (Å²) in [6.45, 7) is 4.35. The number of carbonyl (C=O) groups excluding carboxylic acids is 1. The van der Waals surface area contributed by atoms with Crippen LogP contribution in [0.5, 0.6) is 5.75 Å². The first kappa shape index (κ1) is 25.1. The van der Waals surface area contributed by atoms with E-state index in [0.717, 1.165) is 53.1 Å². The predicted octanol–water partition coefficient (Wildman–Crippen LogP) is 8.61. The Bertz CT molecular complexity index is 1010. The van der Waals surface area contributed by atoms with Crippen molar-refractivity contribution < 1.29 is 13.9 Å². The highest BCUT2D eigenvalue weighted by atomic mass is 32.1. The maximum absolute atomic E-state index is 14.6. The van der Waals surface area contributed by atoms with Gasteiger partial charge in [-0.1, -0.05) is 76.6 Å². The van der Waals surface area contributed by atoms with Gasteiger partial charge in [0.15, 0.2) is 11.6 Å². The van der Waals surface area contributed by atoms with Crippen LogP contribution in [0.4, 0.5) is 4.39 Å². The van der Waals surface area contributed by atoms with Crippen molar-refractivity contribution in [3.63, 3.8) is 0 Å². The van der Waals surface area contributed by atoms with E-state index in [0.29, 0.717) is 6.42 Å². The van der Waals surface area contributed by atoms with E-state index in [9.17, 15) is 9.18 Å². The minimum atomic E-state index is -0.531. The van der Waals surface area contributed by atoms with E-state index in [4.69, 9.17) is 4.74 Å². The van der Waals surface area contributed by atoms with Gasteiger partial charge in [0, 0.05) is 18.2 Å². The average Bonchev–Trinajstić information content (AvgIpc) is 3.32. The summed E-state index contributed by atoms with van der Waals surface area (Å²) < 4.78 is 19.8. The summed E-state index contributed by atoms with van der Waals surface area (Å²) in [7, 11) is 0. The van der Waals surface area contributed by atoms with Crippen molar-refractivity contribution in [2.75, 3.05) is 0 Å². The summed E-state index contributed by atoms with van der Waals surface area (Å²) in [5.41, 5.74) is 3.15. The van der Waals surface area contributed by atoms with E-state index in [-0.39, 0.29) is 11.7 Å². The van der Waals surface area contributed by atoms with E-state index >= 15 is 0 Å². The molecule has 0 bridgehead atoms. The van der Waals surface area contributed by atoms with Crippen molar-refractivity contribution in [2.45, 2.75) is 78.1 Å². The monoisotopic (exact) mass is 467 g/mol. The largest absolute Gasteiger partial charge is 0.423 e. The SMILES string of the molecule is CCCCCCC(=O)Oc1ccc(-c2cnc(-c3ccc(CCCCCC)cc3)s2)cc1F. The second-order valence-corrected chi connectivity index (χ2v) is 9.50. The Morgan fingerprint density at radius 1 is 0.909 bits per heavy atom. The Balaban J connectivity index is 1.59. The van der Waals surface area contributed by atoms with Crippen molar-refractivity contribution in [3.8, 4) is 26.8 Å². The summed E-state index contributed by atoms with van der Waals surface area (Å²) in [6.07, 6.45) is 12.2. The number of nitrogens with zero attached hydrogens (tertiary/aromatic N) is 1. The van der Waals surface area contributed by atoms with Gasteiger partial charge >= 0.3 is 5.97 Å². The Morgan fingerprint density at radius 2 is 1.61 bits per heavy atom. The van der Waals surface area contributed by atoms with Gasteiger partial charge in [0.25, 0.3) is 0 Å². The molecule has 176 valence electrons. The van der Waals surface area contributed by atoms with Crippen molar-refractivity contribution >= 4 is 17.3 Å². The van der Waals surface area contributed by atoms with Crippen LogP contribution in [-0.2, 0) is 11.2 Å². The lowest BCUT2D eigenvalue weighted by atomic mass is 10.0. The van der Waals surface area contributed by atoms with Crippen LogP contribution in [0.1, 0.15) is 77.2 Å². The van der Waals surface area contributed by atoms with E-state index in [1.54, 1.807) is 12.3 Å². The number of hydrogen-bond acceptors (Lipinski definition) is 4. The molecule has 0 atom stereocenters. The van der Waals surface area contributed by atoms with Gasteiger partial charge in [-0.3, -0.25) is 4.79 Å². The molecular formula is C28H34FNO2S. The Kier molecular flexibility index (Phi) is 10.1. The molecule has 1 heterocycles. The number of rotatable bonds is 13. The van der Waals surface area contributed by atoms with Crippen LogP contribution in [0.3, 0.4) is 0 Å². The zero-order valence-electron chi connectivity index (χ0n) is 19.7. The molecule has 3 aromatic rings. The highest BCUT2D eigenvalue weighted by Crippen LogP contribution is 2.34. The van der Waals surface area contributed by atoms with E-state index in [2.05, 4.69) is 43.1 Å². The van der Waals surface area contributed by atoms with Gasteiger partial charge in [-0.25, -0.2) is 9.37 Å². The summed E-state index contributed by atoms with van der Waals surface area (Å²) in [5, 5.41) is 0.908. The smallest absolute Gasteiger partial charge is 0.311 e. The molecule has 0 aliphatic rings. The molecule has 0 saturated carbocycles. The van der Waals surface area contributed by atoms with Gasteiger partial charge in [0.2, 0.25) is 0 Å². The van der Waals surface area contributed by atoms with Crippen LogP contribution in [0.25, 0.3) is 21.0 Å². The molecule has 0 amide bonds. The maximum Gasteiger partial charge on any atom is 0.311 e. The molecule has 0 fully saturated rings. The number of unbranched alkanes of at least 4 members (excludes halogenated alkanes) is 6. The van der Waals surface area contributed by atoms with Gasteiger partial charge in [0.1, 0.15) is 5.01 Å². The molecular weight excluding hydrogens is 433 g/mol. The zero-order chi connectivity index (χ0) is 23.5. The Labute approximate surface area is 201 Å². The highest BCUT2D eigenvalue weighted by molar-refractivity contribution is 7.18. The van der Waals surface area contributed by atoms with Crippen LogP contribution in [0.15, 0.2) is 48.7 Å². The number of ether oxygens (including phenoxy) is 1. The molecule has 2 aromatic carbocycles. The lowest BCUT2D eigenvalue weighted by molar-refractivity contribution is -0.134. The molecule has 0 aliphatic carbocycles. The third-order valence-corrected chi connectivity index (χ3v) is 6.80. The maximum atomic E-state index is 14.6. The quantitative estimate of drug-likeness (QED) is 0.143. The van der Waals surface area contributed by atoms with Gasteiger partial charge in [-0.2, -0.15) is 0 Å². The average molecular weight is 468 g/mol. The third kappa shape index (κ3) is 7.78. The number of esters is 1. The number of aromatic nitrogens is 1. The number of halogens is 1. The fraction of sp³-hybridized carbons (Fsp3) is 0.429. The molecule has 0 saturated heterocycles. The second kappa shape index (κ2) is 13.2. The molecule has 33 heavy (non-hydrogen) atoms. The summed E-state index contributed by atoms with van der Waals surface area (Å²) >= 11 is 1.53. The number of carbonyl (C=O) groups is 1. The second-order valence-electron chi connectivity index (χ2n) is 8.47.